The average Bonchev–Trinajstić information content (AvgIpc) is 2.75. The SMILES string of the molecule is Cc1cc(Br)ccc1-n1nc(C)c(-c2ccccc2)c1N. The van der Waals surface area contributed by atoms with Gasteiger partial charge in [0.2, 0.25) is 0 Å². The predicted octanol–water partition coefficient (Wildman–Crippen LogP) is 4.50. The van der Waals surface area contributed by atoms with Gasteiger partial charge in [0.05, 0.1) is 11.4 Å². The van der Waals surface area contributed by atoms with E-state index in [0.29, 0.717) is 5.82 Å². The molecule has 0 fully saturated rings. The van der Waals surface area contributed by atoms with Gasteiger partial charge < -0.3 is 5.73 Å². The normalized spacial score (nSPS) is 10.8. The standard InChI is InChI=1S/C17H16BrN3/c1-11-10-14(18)8-9-15(11)21-17(19)16(12(2)20-21)13-6-4-3-5-7-13/h3-10H,19H2,1-2H3. The van der Waals surface area contributed by atoms with Crippen molar-refractivity contribution in [3.05, 3.63) is 64.3 Å². The lowest BCUT2D eigenvalue weighted by atomic mass is 10.1. The first-order chi connectivity index (χ1) is 10.1. The van der Waals surface area contributed by atoms with E-state index in [1.807, 2.05) is 41.9 Å². The number of nitrogen functional groups attached to an aromatic ring is 1. The molecule has 106 valence electrons. The van der Waals surface area contributed by atoms with Gasteiger partial charge in [-0.25, -0.2) is 4.68 Å². The molecule has 3 aromatic rings. The molecule has 0 aliphatic rings. The van der Waals surface area contributed by atoms with Crippen LogP contribution in [0.1, 0.15) is 11.3 Å². The zero-order valence-corrected chi connectivity index (χ0v) is 13.6. The van der Waals surface area contributed by atoms with E-state index in [4.69, 9.17) is 5.73 Å². The van der Waals surface area contributed by atoms with Crippen LogP contribution in [0.5, 0.6) is 0 Å². The number of rotatable bonds is 2. The summed E-state index contributed by atoms with van der Waals surface area (Å²) in [6, 6.07) is 16.2. The molecule has 0 aliphatic heterocycles. The summed E-state index contributed by atoms with van der Waals surface area (Å²) in [4.78, 5) is 0. The summed E-state index contributed by atoms with van der Waals surface area (Å²) in [5.74, 6) is 0.670. The largest absolute Gasteiger partial charge is 0.383 e. The van der Waals surface area contributed by atoms with E-state index in [0.717, 1.165) is 32.5 Å². The molecule has 0 radical (unpaired) electrons. The van der Waals surface area contributed by atoms with Crippen molar-refractivity contribution in [2.45, 2.75) is 13.8 Å². The molecule has 2 N–H and O–H groups in total. The fourth-order valence-corrected chi connectivity index (χ4v) is 3.02. The van der Waals surface area contributed by atoms with E-state index in [9.17, 15) is 0 Å². The Labute approximate surface area is 132 Å². The van der Waals surface area contributed by atoms with Gasteiger partial charge in [-0.3, -0.25) is 0 Å². The Hall–Kier alpha value is -2.07. The van der Waals surface area contributed by atoms with Crippen LogP contribution in [0.25, 0.3) is 16.8 Å². The Bertz CT molecular complexity index is 791. The second kappa shape index (κ2) is 5.37. The van der Waals surface area contributed by atoms with Gasteiger partial charge in [-0.05, 0) is 43.2 Å². The summed E-state index contributed by atoms with van der Waals surface area (Å²) in [6.45, 7) is 4.04. The van der Waals surface area contributed by atoms with Gasteiger partial charge in [-0.1, -0.05) is 46.3 Å². The number of halogens is 1. The summed E-state index contributed by atoms with van der Waals surface area (Å²) in [6.07, 6.45) is 0. The molecule has 0 amide bonds. The number of aromatic nitrogens is 2. The van der Waals surface area contributed by atoms with Crippen molar-refractivity contribution in [2.75, 3.05) is 5.73 Å². The molecule has 0 saturated carbocycles. The Morgan fingerprint density at radius 2 is 1.76 bits per heavy atom. The molecule has 0 unspecified atom stereocenters. The molecule has 1 heterocycles. The number of nitrogens with zero attached hydrogens (tertiary/aromatic N) is 2. The number of hydrogen-bond acceptors (Lipinski definition) is 2. The molecule has 0 atom stereocenters. The van der Waals surface area contributed by atoms with Gasteiger partial charge in [-0.2, -0.15) is 5.10 Å². The highest BCUT2D eigenvalue weighted by Gasteiger charge is 2.16. The molecule has 0 spiro atoms. The van der Waals surface area contributed by atoms with Crippen molar-refractivity contribution >= 4 is 21.7 Å². The first-order valence-corrected chi connectivity index (χ1v) is 7.54. The minimum atomic E-state index is 0.670. The maximum atomic E-state index is 6.36. The van der Waals surface area contributed by atoms with Crippen LogP contribution >= 0.6 is 15.9 Å². The van der Waals surface area contributed by atoms with Crippen molar-refractivity contribution in [2.24, 2.45) is 0 Å². The molecule has 3 nitrogen and oxygen atoms in total. The topological polar surface area (TPSA) is 43.8 Å². The van der Waals surface area contributed by atoms with Gasteiger partial charge in [0, 0.05) is 10.0 Å². The molecular weight excluding hydrogens is 326 g/mol. The molecule has 0 aliphatic carbocycles. The van der Waals surface area contributed by atoms with Crippen LogP contribution in [-0.4, -0.2) is 9.78 Å². The molecule has 21 heavy (non-hydrogen) atoms. The molecule has 4 heteroatoms. The van der Waals surface area contributed by atoms with Gasteiger partial charge in [-0.15, -0.1) is 0 Å². The van der Waals surface area contributed by atoms with E-state index in [1.165, 1.54) is 0 Å². The maximum absolute atomic E-state index is 6.36. The number of anilines is 1. The predicted molar refractivity (Wildman–Crippen MR) is 90.6 cm³/mol. The van der Waals surface area contributed by atoms with Crippen LogP contribution in [0.2, 0.25) is 0 Å². The molecule has 0 bridgehead atoms. The van der Waals surface area contributed by atoms with Crippen molar-refractivity contribution in [1.82, 2.24) is 9.78 Å². The van der Waals surface area contributed by atoms with Crippen molar-refractivity contribution < 1.29 is 0 Å². The van der Waals surface area contributed by atoms with Crippen LogP contribution in [0.3, 0.4) is 0 Å². The minimum Gasteiger partial charge on any atom is -0.383 e. The molecule has 1 aromatic heterocycles. The summed E-state index contributed by atoms with van der Waals surface area (Å²) < 4.78 is 2.87. The van der Waals surface area contributed by atoms with E-state index in [2.05, 4.69) is 46.2 Å². The Morgan fingerprint density at radius 3 is 2.43 bits per heavy atom. The second-order valence-corrected chi connectivity index (χ2v) is 5.97. The third-order valence-corrected chi connectivity index (χ3v) is 4.04. The van der Waals surface area contributed by atoms with Gasteiger partial charge in [0.1, 0.15) is 5.82 Å². The molecular formula is C17H16BrN3. The van der Waals surface area contributed by atoms with Crippen molar-refractivity contribution in [1.29, 1.82) is 0 Å². The van der Waals surface area contributed by atoms with E-state index in [-0.39, 0.29) is 0 Å². The number of aryl methyl sites for hydroxylation is 2. The van der Waals surface area contributed by atoms with Gasteiger partial charge in [0.25, 0.3) is 0 Å². The summed E-state index contributed by atoms with van der Waals surface area (Å²) in [5.41, 5.74) is 11.5. The van der Waals surface area contributed by atoms with Crippen LogP contribution in [0.15, 0.2) is 53.0 Å². The highest BCUT2D eigenvalue weighted by molar-refractivity contribution is 9.10. The highest BCUT2D eigenvalue weighted by atomic mass is 79.9. The average molecular weight is 342 g/mol. The van der Waals surface area contributed by atoms with E-state index >= 15 is 0 Å². The Kier molecular flexibility index (Phi) is 3.55. The molecule has 2 aromatic carbocycles. The number of hydrogen-bond donors (Lipinski definition) is 1. The second-order valence-electron chi connectivity index (χ2n) is 5.05. The molecule has 0 saturated heterocycles. The zero-order valence-electron chi connectivity index (χ0n) is 12.0. The molecule has 3 rings (SSSR count). The lowest BCUT2D eigenvalue weighted by molar-refractivity contribution is 0.865. The Morgan fingerprint density at radius 1 is 1.05 bits per heavy atom. The summed E-state index contributed by atoms with van der Waals surface area (Å²) >= 11 is 3.48. The highest BCUT2D eigenvalue weighted by Crippen LogP contribution is 2.32. The Balaban J connectivity index is 2.18. The fourth-order valence-electron chi connectivity index (χ4n) is 2.55. The number of nitrogens with two attached hydrogens (primary N) is 1. The first-order valence-electron chi connectivity index (χ1n) is 6.75. The van der Waals surface area contributed by atoms with Crippen LogP contribution in [0.4, 0.5) is 5.82 Å². The van der Waals surface area contributed by atoms with E-state index in [1.54, 1.807) is 0 Å². The van der Waals surface area contributed by atoms with Gasteiger partial charge >= 0.3 is 0 Å². The zero-order chi connectivity index (χ0) is 15.0. The van der Waals surface area contributed by atoms with Crippen molar-refractivity contribution in [3.8, 4) is 16.8 Å². The lowest BCUT2D eigenvalue weighted by Gasteiger charge is -2.09. The summed E-state index contributed by atoms with van der Waals surface area (Å²) in [5, 5.41) is 4.62. The number of benzene rings is 2. The van der Waals surface area contributed by atoms with Crippen LogP contribution in [-0.2, 0) is 0 Å². The maximum Gasteiger partial charge on any atom is 0.135 e. The first kappa shape index (κ1) is 13.9. The van der Waals surface area contributed by atoms with Crippen LogP contribution < -0.4 is 5.73 Å². The van der Waals surface area contributed by atoms with Crippen molar-refractivity contribution in [3.63, 3.8) is 0 Å². The monoisotopic (exact) mass is 341 g/mol. The minimum absolute atomic E-state index is 0.670. The smallest absolute Gasteiger partial charge is 0.135 e. The van der Waals surface area contributed by atoms with E-state index < -0.39 is 0 Å². The van der Waals surface area contributed by atoms with Crippen LogP contribution in [0, 0.1) is 13.8 Å². The summed E-state index contributed by atoms with van der Waals surface area (Å²) in [7, 11) is 0. The third kappa shape index (κ3) is 2.47. The quantitative estimate of drug-likeness (QED) is 0.745. The van der Waals surface area contributed by atoms with Gasteiger partial charge in [0.15, 0.2) is 0 Å². The third-order valence-electron chi connectivity index (χ3n) is 3.55. The lowest BCUT2D eigenvalue weighted by Crippen LogP contribution is -2.04. The fraction of sp³-hybridized carbons (Fsp3) is 0.118.